The van der Waals surface area contributed by atoms with Gasteiger partial charge < -0.3 is 14.4 Å². The topological polar surface area (TPSA) is 55.8 Å². The van der Waals surface area contributed by atoms with E-state index in [1.165, 1.54) is 19.4 Å². The number of ether oxygens (including phenoxy) is 2. The van der Waals surface area contributed by atoms with Crippen LogP contribution in [-0.4, -0.2) is 49.0 Å². The lowest BCUT2D eigenvalue weighted by molar-refractivity contribution is -0.153. The average molecular weight is 373 g/mol. The van der Waals surface area contributed by atoms with Gasteiger partial charge in [-0.1, -0.05) is 0 Å². The van der Waals surface area contributed by atoms with Gasteiger partial charge in [-0.2, -0.15) is 0 Å². The van der Waals surface area contributed by atoms with Crippen LogP contribution in [0, 0.1) is 11.8 Å². The summed E-state index contributed by atoms with van der Waals surface area (Å²) in [5.41, 5.74) is 0.646. The van der Waals surface area contributed by atoms with Crippen LogP contribution in [0.2, 0.25) is 0 Å². The van der Waals surface area contributed by atoms with E-state index in [0.29, 0.717) is 24.8 Å². The van der Waals surface area contributed by atoms with Crippen LogP contribution in [0.4, 0.5) is 0 Å². The Morgan fingerprint density at radius 2 is 1.85 bits per heavy atom. The summed E-state index contributed by atoms with van der Waals surface area (Å²) >= 11 is 0. The van der Waals surface area contributed by atoms with Gasteiger partial charge in [0, 0.05) is 24.1 Å². The summed E-state index contributed by atoms with van der Waals surface area (Å²) in [5, 5.41) is 0. The van der Waals surface area contributed by atoms with E-state index >= 15 is 0 Å². The number of rotatable bonds is 9. The summed E-state index contributed by atoms with van der Waals surface area (Å²) in [4.78, 5) is 27.0. The van der Waals surface area contributed by atoms with Crippen LogP contribution in [0.25, 0.3) is 0 Å². The van der Waals surface area contributed by atoms with E-state index in [1.807, 2.05) is 12.1 Å². The lowest BCUT2D eigenvalue weighted by atomic mass is 9.70. The van der Waals surface area contributed by atoms with Crippen molar-refractivity contribution in [3.05, 3.63) is 29.8 Å². The van der Waals surface area contributed by atoms with Crippen molar-refractivity contribution in [1.82, 2.24) is 4.90 Å². The average Bonchev–Trinajstić information content (AvgIpc) is 3.03. The third-order valence-electron chi connectivity index (χ3n) is 5.89. The Labute approximate surface area is 162 Å². The minimum Gasteiger partial charge on any atom is -0.494 e. The van der Waals surface area contributed by atoms with E-state index in [0.717, 1.165) is 31.6 Å². The smallest absolute Gasteiger partial charge is 0.309 e. The molecule has 5 heteroatoms. The van der Waals surface area contributed by atoms with Crippen LogP contribution < -0.4 is 4.74 Å². The molecular weight excluding hydrogens is 342 g/mol. The fourth-order valence-electron chi connectivity index (χ4n) is 4.06. The van der Waals surface area contributed by atoms with E-state index in [9.17, 15) is 9.59 Å². The molecule has 2 aliphatic rings. The molecular formula is C22H31NO4. The van der Waals surface area contributed by atoms with Crippen molar-refractivity contribution in [2.75, 3.05) is 26.3 Å². The van der Waals surface area contributed by atoms with Crippen molar-refractivity contribution in [1.29, 1.82) is 0 Å². The minimum absolute atomic E-state index is 0.0360. The molecule has 148 valence electrons. The molecule has 2 fully saturated rings. The normalized spacial score (nSPS) is 25.0. The molecule has 1 heterocycles. The van der Waals surface area contributed by atoms with Crippen molar-refractivity contribution < 1.29 is 19.1 Å². The molecule has 27 heavy (non-hydrogen) atoms. The fourth-order valence-corrected chi connectivity index (χ4v) is 4.06. The number of benzene rings is 1. The zero-order chi connectivity index (χ0) is 19.2. The Morgan fingerprint density at radius 3 is 2.44 bits per heavy atom. The molecule has 3 atom stereocenters. The molecule has 0 amide bonds. The highest BCUT2D eigenvalue weighted by atomic mass is 16.5. The van der Waals surface area contributed by atoms with Gasteiger partial charge in [0.1, 0.15) is 5.75 Å². The molecule has 1 aliphatic heterocycles. The third-order valence-corrected chi connectivity index (χ3v) is 5.89. The van der Waals surface area contributed by atoms with Crippen LogP contribution in [0.5, 0.6) is 5.75 Å². The van der Waals surface area contributed by atoms with E-state index in [1.54, 1.807) is 19.1 Å². The quantitative estimate of drug-likeness (QED) is 0.375. The summed E-state index contributed by atoms with van der Waals surface area (Å²) in [6.45, 7) is 7.40. The molecule has 2 unspecified atom stereocenters. The predicted octanol–water partition coefficient (Wildman–Crippen LogP) is 3.71. The Hall–Kier alpha value is -1.88. The zero-order valence-electron chi connectivity index (χ0n) is 16.5. The molecule has 1 aliphatic carbocycles. The SMILES string of the molecule is CCOC(=O)C1CCC1C(=O)c1ccc(OCCCN2CCC[C@H]2C)cc1. The lowest BCUT2D eigenvalue weighted by Gasteiger charge is -2.33. The van der Waals surface area contributed by atoms with Crippen molar-refractivity contribution in [3.63, 3.8) is 0 Å². The number of carbonyl (C=O) groups is 2. The van der Waals surface area contributed by atoms with Crippen molar-refractivity contribution >= 4 is 11.8 Å². The first kappa shape index (κ1) is 19.9. The molecule has 1 saturated carbocycles. The first-order valence-electron chi connectivity index (χ1n) is 10.3. The number of ketones is 1. The van der Waals surface area contributed by atoms with Gasteiger partial charge in [-0.3, -0.25) is 9.59 Å². The van der Waals surface area contributed by atoms with Crippen LogP contribution in [0.1, 0.15) is 56.3 Å². The fraction of sp³-hybridized carbons (Fsp3) is 0.636. The third kappa shape index (κ3) is 4.89. The second kappa shape index (κ2) is 9.36. The molecule has 0 radical (unpaired) electrons. The molecule has 3 rings (SSSR count). The Balaban J connectivity index is 1.44. The Morgan fingerprint density at radius 1 is 1.11 bits per heavy atom. The van der Waals surface area contributed by atoms with Gasteiger partial charge in [-0.15, -0.1) is 0 Å². The van der Waals surface area contributed by atoms with Crippen LogP contribution in [0.3, 0.4) is 0 Å². The number of likely N-dealkylation sites (tertiary alicyclic amines) is 1. The monoisotopic (exact) mass is 373 g/mol. The molecule has 1 saturated heterocycles. The van der Waals surface area contributed by atoms with E-state index in [-0.39, 0.29) is 23.6 Å². The summed E-state index contributed by atoms with van der Waals surface area (Å²) in [5.74, 6) is 0.0689. The highest BCUT2D eigenvalue weighted by Crippen LogP contribution is 2.37. The van der Waals surface area contributed by atoms with Crippen LogP contribution in [-0.2, 0) is 9.53 Å². The number of carbonyl (C=O) groups excluding carboxylic acids is 2. The number of nitrogens with zero attached hydrogens (tertiary/aromatic N) is 1. The number of esters is 1. The predicted molar refractivity (Wildman–Crippen MR) is 104 cm³/mol. The van der Waals surface area contributed by atoms with E-state index in [4.69, 9.17) is 9.47 Å². The van der Waals surface area contributed by atoms with Crippen molar-refractivity contribution in [3.8, 4) is 5.75 Å². The molecule has 5 nitrogen and oxygen atoms in total. The summed E-state index contributed by atoms with van der Waals surface area (Å²) in [6.07, 6.45) is 5.11. The van der Waals surface area contributed by atoms with Crippen molar-refractivity contribution in [2.45, 2.75) is 52.0 Å². The van der Waals surface area contributed by atoms with Crippen LogP contribution in [0.15, 0.2) is 24.3 Å². The van der Waals surface area contributed by atoms with Gasteiger partial charge in [0.2, 0.25) is 0 Å². The Bertz CT molecular complexity index is 642. The second-order valence-corrected chi connectivity index (χ2v) is 7.66. The summed E-state index contributed by atoms with van der Waals surface area (Å²) in [7, 11) is 0. The molecule has 0 spiro atoms. The second-order valence-electron chi connectivity index (χ2n) is 7.66. The van der Waals surface area contributed by atoms with Gasteiger partial charge >= 0.3 is 5.97 Å². The number of hydrogen-bond donors (Lipinski definition) is 0. The van der Waals surface area contributed by atoms with Crippen LogP contribution >= 0.6 is 0 Å². The van der Waals surface area contributed by atoms with Gasteiger partial charge in [0.25, 0.3) is 0 Å². The first-order chi connectivity index (χ1) is 13.1. The molecule has 1 aromatic carbocycles. The molecule has 0 aromatic heterocycles. The van der Waals surface area contributed by atoms with Crippen molar-refractivity contribution in [2.24, 2.45) is 11.8 Å². The van der Waals surface area contributed by atoms with E-state index in [2.05, 4.69) is 11.8 Å². The number of hydrogen-bond acceptors (Lipinski definition) is 5. The van der Waals surface area contributed by atoms with Gasteiger partial charge in [0.15, 0.2) is 5.78 Å². The molecule has 1 aromatic rings. The highest BCUT2D eigenvalue weighted by molar-refractivity contribution is 6.01. The van der Waals surface area contributed by atoms with Gasteiger partial charge in [-0.25, -0.2) is 0 Å². The molecule has 0 bridgehead atoms. The van der Waals surface area contributed by atoms with E-state index < -0.39 is 0 Å². The maximum Gasteiger partial charge on any atom is 0.309 e. The Kier molecular flexibility index (Phi) is 6.89. The summed E-state index contributed by atoms with van der Waals surface area (Å²) in [6, 6.07) is 8.01. The highest BCUT2D eigenvalue weighted by Gasteiger charge is 2.42. The zero-order valence-corrected chi connectivity index (χ0v) is 16.5. The lowest BCUT2D eigenvalue weighted by Crippen LogP contribution is -2.39. The number of Topliss-reactive ketones (excluding diaryl/α,β-unsaturated/α-hetero) is 1. The molecule has 0 N–H and O–H groups in total. The van der Waals surface area contributed by atoms with Gasteiger partial charge in [-0.05, 0) is 76.8 Å². The largest absolute Gasteiger partial charge is 0.494 e. The summed E-state index contributed by atoms with van der Waals surface area (Å²) < 4.78 is 10.9. The first-order valence-corrected chi connectivity index (χ1v) is 10.3. The van der Waals surface area contributed by atoms with Gasteiger partial charge in [0.05, 0.1) is 19.1 Å². The minimum atomic E-state index is -0.277. The maximum atomic E-state index is 12.6. The standard InChI is InChI=1S/C22H31NO4/c1-3-26-22(25)20-12-11-19(20)21(24)17-7-9-18(10-8-17)27-15-5-14-23-13-4-6-16(23)2/h7-10,16,19-20H,3-6,11-15H2,1-2H3/t16-,19?,20?/m1/s1. The maximum absolute atomic E-state index is 12.6.